The third kappa shape index (κ3) is 4.34. The van der Waals surface area contributed by atoms with Crippen molar-refractivity contribution in [2.45, 2.75) is 32.7 Å². The Kier molecular flexibility index (Phi) is 5.76. The number of rotatable bonds is 4. The van der Waals surface area contributed by atoms with Crippen LogP contribution in [0.4, 0.5) is 4.79 Å². The molecular formula is C21H26N2O3. The molecule has 1 heterocycles. The van der Waals surface area contributed by atoms with Crippen molar-refractivity contribution in [3.8, 4) is 0 Å². The van der Waals surface area contributed by atoms with Gasteiger partial charge in [0.1, 0.15) is 0 Å². The molecule has 0 bridgehead atoms. The van der Waals surface area contributed by atoms with E-state index in [1.54, 1.807) is 0 Å². The fourth-order valence-electron chi connectivity index (χ4n) is 3.26. The number of carbonyl (C=O) groups excluding carboxylic acids is 2. The molecule has 0 atom stereocenters. The van der Waals surface area contributed by atoms with Gasteiger partial charge >= 0.3 is 6.09 Å². The number of hydrogen-bond acceptors (Lipinski definition) is 3. The molecule has 1 fully saturated rings. The molecule has 2 aromatic carbocycles. The molecule has 138 valence electrons. The second-order valence-electron chi connectivity index (χ2n) is 7.23. The highest BCUT2D eigenvalue weighted by Gasteiger charge is 2.25. The quantitative estimate of drug-likeness (QED) is 0.908. The molecule has 0 unspecified atom stereocenters. The van der Waals surface area contributed by atoms with Gasteiger partial charge in [-0.1, -0.05) is 50.2 Å². The highest BCUT2D eigenvalue weighted by Crippen LogP contribution is 2.22. The Balaban J connectivity index is 1.58. The van der Waals surface area contributed by atoms with Gasteiger partial charge < -0.3 is 15.0 Å². The van der Waals surface area contributed by atoms with E-state index >= 15 is 0 Å². The molecule has 0 aliphatic carbocycles. The standard InChI is InChI=1S/C21H26N2O3/c1-15(2)14-26-21(25)22-17-10-12-23(13-11-17)20(24)19-9-5-7-16-6-3-4-8-18(16)19/h3-9,15,17H,10-14H2,1-2H3,(H,22,25). The number of likely N-dealkylation sites (tertiary alicyclic amines) is 1. The summed E-state index contributed by atoms with van der Waals surface area (Å²) in [7, 11) is 0. The van der Waals surface area contributed by atoms with Gasteiger partial charge in [-0.3, -0.25) is 4.79 Å². The lowest BCUT2D eigenvalue weighted by Crippen LogP contribution is -2.46. The van der Waals surface area contributed by atoms with Crippen LogP contribution in [-0.4, -0.2) is 42.6 Å². The number of benzene rings is 2. The van der Waals surface area contributed by atoms with Gasteiger partial charge in [-0.05, 0) is 35.6 Å². The third-order valence-corrected chi connectivity index (χ3v) is 4.67. The summed E-state index contributed by atoms with van der Waals surface area (Å²) in [5, 5.41) is 4.96. The average Bonchev–Trinajstić information content (AvgIpc) is 2.66. The van der Waals surface area contributed by atoms with Crippen molar-refractivity contribution in [1.82, 2.24) is 10.2 Å². The van der Waals surface area contributed by atoms with Crippen LogP contribution in [0.2, 0.25) is 0 Å². The van der Waals surface area contributed by atoms with Gasteiger partial charge in [0.2, 0.25) is 0 Å². The number of ether oxygens (including phenoxy) is 1. The molecule has 5 nitrogen and oxygen atoms in total. The lowest BCUT2D eigenvalue weighted by Gasteiger charge is -2.32. The predicted molar refractivity (Wildman–Crippen MR) is 102 cm³/mol. The zero-order chi connectivity index (χ0) is 18.5. The SMILES string of the molecule is CC(C)COC(=O)NC1CCN(C(=O)c2cccc3ccccc23)CC1. The van der Waals surface area contributed by atoms with Crippen LogP contribution in [0.5, 0.6) is 0 Å². The topological polar surface area (TPSA) is 58.6 Å². The minimum atomic E-state index is -0.363. The van der Waals surface area contributed by atoms with Crippen molar-refractivity contribution < 1.29 is 14.3 Å². The summed E-state index contributed by atoms with van der Waals surface area (Å²) in [6.45, 7) is 5.70. The molecule has 1 saturated heterocycles. The van der Waals surface area contributed by atoms with Gasteiger partial charge in [-0.25, -0.2) is 4.79 Å². The monoisotopic (exact) mass is 354 g/mol. The first-order valence-electron chi connectivity index (χ1n) is 9.25. The van der Waals surface area contributed by atoms with Crippen LogP contribution in [0.25, 0.3) is 10.8 Å². The van der Waals surface area contributed by atoms with Crippen LogP contribution < -0.4 is 5.32 Å². The molecule has 26 heavy (non-hydrogen) atoms. The third-order valence-electron chi connectivity index (χ3n) is 4.67. The van der Waals surface area contributed by atoms with Crippen LogP contribution in [0.15, 0.2) is 42.5 Å². The molecule has 1 aliphatic rings. The van der Waals surface area contributed by atoms with Crippen LogP contribution in [0, 0.1) is 5.92 Å². The first-order chi connectivity index (χ1) is 12.5. The molecule has 0 aromatic heterocycles. The molecule has 1 aliphatic heterocycles. The Morgan fingerprint density at radius 3 is 2.54 bits per heavy atom. The molecule has 2 aromatic rings. The number of amides is 2. The zero-order valence-electron chi connectivity index (χ0n) is 15.4. The summed E-state index contributed by atoms with van der Waals surface area (Å²) in [6.07, 6.45) is 1.12. The number of fused-ring (bicyclic) bond motifs is 1. The summed E-state index contributed by atoms with van der Waals surface area (Å²) in [5.74, 6) is 0.378. The minimum Gasteiger partial charge on any atom is -0.449 e. The van der Waals surface area contributed by atoms with Crippen molar-refractivity contribution in [1.29, 1.82) is 0 Å². The smallest absolute Gasteiger partial charge is 0.407 e. The number of hydrogen-bond donors (Lipinski definition) is 1. The van der Waals surface area contributed by atoms with Crippen LogP contribution in [0.1, 0.15) is 37.0 Å². The Bertz CT molecular complexity index is 774. The van der Waals surface area contributed by atoms with E-state index in [4.69, 9.17) is 4.74 Å². The van der Waals surface area contributed by atoms with Crippen LogP contribution in [0.3, 0.4) is 0 Å². The van der Waals surface area contributed by atoms with Crippen molar-refractivity contribution >= 4 is 22.8 Å². The maximum absolute atomic E-state index is 12.9. The van der Waals surface area contributed by atoms with E-state index in [2.05, 4.69) is 5.32 Å². The molecule has 5 heteroatoms. The van der Waals surface area contributed by atoms with Crippen molar-refractivity contribution in [3.63, 3.8) is 0 Å². The van der Waals surface area contributed by atoms with E-state index in [9.17, 15) is 9.59 Å². The maximum Gasteiger partial charge on any atom is 0.407 e. The highest BCUT2D eigenvalue weighted by atomic mass is 16.5. The molecule has 0 radical (unpaired) electrons. The highest BCUT2D eigenvalue weighted by molar-refractivity contribution is 6.07. The van der Waals surface area contributed by atoms with E-state index in [0.717, 1.165) is 29.2 Å². The Morgan fingerprint density at radius 2 is 1.81 bits per heavy atom. The first-order valence-corrected chi connectivity index (χ1v) is 9.25. The lowest BCUT2D eigenvalue weighted by atomic mass is 10.0. The molecule has 2 amide bonds. The van der Waals surface area contributed by atoms with Crippen molar-refractivity contribution in [3.05, 3.63) is 48.0 Å². The second-order valence-corrected chi connectivity index (χ2v) is 7.23. The van der Waals surface area contributed by atoms with Crippen LogP contribution in [-0.2, 0) is 4.74 Å². The Labute approximate surface area is 154 Å². The number of carbonyl (C=O) groups is 2. The summed E-state index contributed by atoms with van der Waals surface area (Å²) >= 11 is 0. The van der Waals surface area contributed by atoms with Crippen molar-refractivity contribution in [2.75, 3.05) is 19.7 Å². The average molecular weight is 354 g/mol. The first kappa shape index (κ1) is 18.2. The van der Waals surface area contributed by atoms with E-state index < -0.39 is 0 Å². The van der Waals surface area contributed by atoms with Gasteiger partial charge in [0, 0.05) is 24.7 Å². The Morgan fingerprint density at radius 1 is 1.12 bits per heavy atom. The predicted octanol–water partition coefficient (Wildman–Crippen LogP) is 3.83. The second kappa shape index (κ2) is 8.21. The molecule has 1 N–H and O–H groups in total. The fraction of sp³-hybridized carbons (Fsp3) is 0.429. The number of piperidine rings is 1. The molecule has 0 saturated carbocycles. The maximum atomic E-state index is 12.9. The molecular weight excluding hydrogens is 328 g/mol. The fourth-order valence-corrected chi connectivity index (χ4v) is 3.26. The summed E-state index contributed by atoms with van der Waals surface area (Å²) < 4.78 is 5.17. The lowest BCUT2D eigenvalue weighted by molar-refractivity contribution is 0.0702. The van der Waals surface area contributed by atoms with E-state index in [1.807, 2.05) is 61.2 Å². The van der Waals surface area contributed by atoms with E-state index in [0.29, 0.717) is 25.6 Å². The summed E-state index contributed by atoms with van der Waals surface area (Å²) in [6, 6.07) is 13.8. The molecule has 3 rings (SSSR count). The van der Waals surface area contributed by atoms with E-state index in [1.165, 1.54) is 0 Å². The van der Waals surface area contributed by atoms with Gasteiger partial charge in [0.25, 0.3) is 5.91 Å². The Hall–Kier alpha value is -2.56. The van der Waals surface area contributed by atoms with Gasteiger partial charge in [0.05, 0.1) is 6.61 Å². The number of alkyl carbamates (subject to hydrolysis) is 1. The largest absolute Gasteiger partial charge is 0.449 e. The normalized spacial score (nSPS) is 15.3. The van der Waals surface area contributed by atoms with E-state index in [-0.39, 0.29) is 18.0 Å². The minimum absolute atomic E-state index is 0.0580. The van der Waals surface area contributed by atoms with Gasteiger partial charge in [-0.15, -0.1) is 0 Å². The van der Waals surface area contributed by atoms with Gasteiger partial charge in [0.15, 0.2) is 0 Å². The molecule has 0 spiro atoms. The summed E-state index contributed by atoms with van der Waals surface area (Å²) in [4.78, 5) is 26.6. The summed E-state index contributed by atoms with van der Waals surface area (Å²) in [5.41, 5.74) is 0.742. The van der Waals surface area contributed by atoms with Crippen LogP contribution >= 0.6 is 0 Å². The van der Waals surface area contributed by atoms with Crippen molar-refractivity contribution in [2.24, 2.45) is 5.92 Å². The number of nitrogens with one attached hydrogen (secondary N) is 1. The van der Waals surface area contributed by atoms with Gasteiger partial charge in [-0.2, -0.15) is 0 Å². The zero-order valence-corrected chi connectivity index (χ0v) is 15.4. The number of nitrogens with zero attached hydrogens (tertiary/aromatic N) is 1.